The van der Waals surface area contributed by atoms with E-state index >= 15 is 0 Å². The Kier molecular flexibility index (Phi) is 5.36. The van der Waals surface area contributed by atoms with Gasteiger partial charge in [-0.15, -0.1) is 0 Å². The zero-order valence-electron chi connectivity index (χ0n) is 9.57. The Morgan fingerprint density at radius 1 is 1.72 bits per heavy atom. The molecule has 0 amide bonds. The quantitative estimate of drug-likeness (QED) is 0.822. The van der Waals surface area contributed by atoms with Crippen LogP contribution in [0.4, 0.5) is 5.69 Å². The molecule has 1 N–H and O–H groups in total. The van der Waals surface area contributed by atoms with Gasteiger partial charge in [0.05, 0.1) is 25.5 Å². The summed E-state index contributed by atoms with van der Waals surface area (Å²) in [5.74, 6) is -0.550. The third kappa shape index (κ3) is 3.85. The molecule has 0 aromatic carbocycles. The van der Waals surface area contributed by atoms with E-state index in [1.165, 1.54) is 13.3 Å². The number of anilines is 1. The lowest BCUT2D eigenvalue weighted by molar-refractivity contribution is -0.141. The van der Waals surface area contributed by atoms with Crippen LogP contribution in [-0.4, -0.2) is 29.4 Å². The number of methoxy groups -OCH3 is 1. The van der Waals surface area contributed by atoms with Crippen molar-refractivity contribution in [2.24, 2.45) is 0 Å². The fourth-order valence-electron chi connectivity index (χ4n) is 1.08. The van der Waals surface area contributed by atoms with Crippen LogP contribution in [0.3, 0.4) is 0 Å². The summed E-state index contributed by atoms with van der Waals surface area (Å²) in [5, 5.41) is 7.12. The SMILES string of the molecule is C=C(Cl)CNc1cnn(CC(=O)OC)c(=O)c1Br. The second kappa shape index (κ2) is 6.55. The predicted octanol–water partition coefficient (Wildman–Crippen LogP) is 1.34. The number of nitrogens with zero attached hydrogens (tertiary/aromatic N) is 2. The maximum atomic E-state index is 11.8. The van der Waals surface area contributed by atoms with Gasteiger partial charge in [0.15, 0.2) is 0 Å². The standard InChI is InChI=1S/C10H11BrClN3O3/c1-6(12)3-13-7-4-14-15(5-8(16)18-2)10(17)9(7)11/h4,13H,1,3,5H2,2H3. The summed E-state index contributed by atoms with van der Waals surface area (Å²) < 4.78 is 5.72. The van der Waals surface area contributed by atoms with Crippen molar-refractivity contribution in [3.63, 3.8) is 0 Å². The topological polar surface area (TPSA) is 73.2 Å². The molecule has 1 aromatic rings. The van der Waals surface area contributed by atoms with Crippen LogP contribution >= 0.6 is 27.5 Å². The Bertz CT molecular complexity index is 530. The van der Waals surface area contributed by atoms with Crippen molar-refractivity contribution < 1.29 is 9.53 Å². The Hall–Kier alpha value is -1.34. The summed E-state index contributed by atoms with van der Waals surface area (Å²) in [7, 11) is 1.24. The number of rotatable bonds is 5. The van der Waals surface area contributed by atoms with Gasteiger partial charge in [-0.05, 0) is 15.9 Å². The summed E-state index contributed by atoms with van der Waals surface area (Å²) in [6.45, 7) is 3.58. The lowest BCUT2D eigenvalue weighted by Gasteiger charge is -2.09. The van der Waals surface area contributed by atoms with E-state index in [1.54, 1.807) is 0 Å². The molecule has 0 saturated heterocycles. The summed E-state index contributed by atoms with van der Waals surface area (Å²) in [4.78, 5) is 22.9. The van der Waals surface area contributed by atoms with Crippen molar-refractivity contribution in [1.82, 2.24) is 9.78 Å². The highest BCUT2D eigenvalue weighted by Crippen LogP contribution is 2.16. The van der Waals surface area contributed by atoms with E-state index in [1.807, 2.05) is 0 Å². The van der Waals surface area contributed by atoms with Gasteiger partial charge in [0, 0.05) is 5.03 Å². The first-order valence-electron chi connectivity index (χ1n) is 4.85. The molecule has 0 radical (unpaired) electrons. The number of hydrogen-bond acceptors (Lipinski definition) is 5. The van der Waals surface area contributed by atoms with E-state index < -0.39 is 11.5 Å². The predicted molar refractivity (Wildman–Crippen MR) is 71.7 cm³/mol. The Labute approximate surface area is 117 Å². The molecule has 0 aliphatic rings. The second-order valence-electron chi connectivity index (χ2n) is 3.28. The maximum absolute atomic E-state index is 11.8. The monoisotopic (exact) mass is 335 g/mol. The Morgan fingerprint density at radius 2 is 2.39 bits per heavy atom. The zero-order chi connectivity index (χ0) is 13.7. The molecule has 8 heteroatoms. The summed E-state index contributed by atoms with van der Waals surface area (Å²) >= 11 is 8.73. The molecule has 0 unspecified atom stereocenters. The minimum atomic E-state index is -0.550. The highest BCUT2D eigenvalue weighted by molar-refractivity contribution is 9.10. The molecular weight excluding hydrogens is 325 g/mol. The number of ether oxygens (including phenoxy) is 1. The van der Waals surface area contributed by atoms with Crippen LogP contribution in [0.5, 0.6) is 0 Å². The van der Waals surface area contributed by atoms with E-state index in [-0.39, 0.29) is 11.0 Å². The van der Waals surface area contributed by atoms with E-state index in [0.29, 0.717) is 17.3 Å². The summed E-state index contributed by atoms with van der Waals surface area (Å²) in [6, 6.07) is 0. The number of hydrogen-bond donors (Lipinski definition) is 1. The van der Waals surface area contributed by atoms with E-state index in [4.69, 9.17) is 11.6 Å². The van der Waals surface area contributed by atoms with Crippen LogP contribution in [0, 0.1) is 0 Å². The number of halogens is 2. The van der Waals surface area contributed by atoms with E-state index in [9.17, 15) is 9.59 Å². The van der Waals surface area contributed by atoms with Crippen LogP contribution in [0.15, 0.2) is 27.1 Å². The van der Waals surface area contributed by atoms with Gasteiger partial charge >= 0.3 is 5.97 Å². The number of nitrogens with one attached hydrogen (secondary N) is 1. The van der Waals surface area contributed by atoms with Crippen LogP contribution in [0.1, 0.15) is 0 Å². The average Bonchev–Trinajstić information content (AvgIpc) is 2.33. The average molecular weight is 337 g/mol. The van der Waals surface area contributed by atoms with Gasteiger partial charge in [-0.2, -0.15) is 5.10 Å². The molecule has 1 heterocycles. The van der Waals surface area contributed by atoms with E-state index in [2.05, 4.69) is 37.7 Å². The molecule has 0 atom stereocenters. The molecule has 0 aliphatic carbocycles. The molecule has 98 valence electrons. The highest BCUT2D eigenvalue weighted by Gasteiger charge is 2.11. The van der Waals surface area contributed by atoms with Crippen LogP contribution in [0.2, 0.25) is 0 Å². The fourth-order valence-corrected chi connectivity index (χ4v) is 1.59. The Balaban J connectivity index is 2.94. The van der Waals surface area contributed by atoms with Gasteiger partial charge in [0.2, 0.25) is 0 Å². The first-order chi connectivity index (χ1) is 8.45. The number of aromatic nitrogens is 2. The first kappa shape index (κ1) is 14.7. The number of carbonyl (C=O) groups is 1. The molecule has 0 spiro atoms. The third-order valence-electron chi connectivity index (χ3n) is 1.96. The van der Waals surface area contributed by atoms with Gasteiger partial charge in [-0.3, -0.25) is 9.59 Å². The normalized spacial score (nSPS) is 9.94. The highest BCUT2D eigenvalue weighted by atomic mass is 79.9. The molecule has 0 aliphatic heterocycles. The molecule has 6 nitrogen and oxygen atoms in total. The van der Waals surface area contributed by atoms with Crippen LogP contribution < -0.4 is 10.9 Å². The molecule has 18 heavy (non-hydrogen) atoms. The van der Waals surface area contributed by atoms with Crippen molar-refractivity contribution >= 4 is 39.2 Å². The van der Waals surface area contributed by atoms with Gasteiger partial charge in [0.25, 0.3) is 5.56 Å². The second-order valence-corrected chi connectivity index (χ2v) is 4.61. The summed E-state index contributed by atoms with van der Waals surface area (Å²) in [6.07, 6.45) is 1.41. The van der Waals surface area contributed by atoms with Crippen LogP contribution in [-0.2, 0) is 16.1 Å². The van der Waals surface area contributed by atoms with Gasteiger partial charge in [-0.25, -0.2) is 4.68 Å². The smallest absolute Gasteiger partial charge is 0.327 e. The largest absolute Gasteiger partial charge is 0.468 e. The molecule has 1 aromatic heterocycles. The fraction of sp³-hybridized carbons (Fsp3) is 0.300. The van der Waals surface area contributed by atoms with Crippen molar-refractivity contribution in [1.29, 1.82) is 0 Å². The third-order valence-corrected chi connectivity index (χ3v) is 2.86. The zero-order valence-corrected chi connectivity index (χ0v) is 11.9. The molecular formula is C10H11BrClN3O3. The summed E-state index contributed by atoms with van der Waals surface area (Å²) in [5.41, 5.74) is 0.0356. The van der Waals surface area contributed by atoms with Gasteiger partial charge in [0.1, 0.15) is 11.0 Å². The lowest BCUT2D eigenvalue weighted by atomic mass is 10.4. The minimum absolute atomic E-state index is 0.240. The minimum Gasteiger partial charge on any atom is -0.468 e. The molecule has 0 bridgehead atoms. The van der Waals surface area contributed by atoms with Crippen molar-refractivity contribution in [3.8, 4) is 0 Å². The van der Waals surface area contributed by atoms with Crippen LogP contribution in [0.25, 0.3) is 0 Å². The van der Waals surface area contributed by atoms with Crippen molar-refractivity contribution in [2.45, 2.75) is 6.54 Å². The molecule has 0 fully saturated rings. The number of esters is 1. The van der Waals surface area contributed by atoms with E-state index in [0.717, 1.165) is 4.68 Å². The molecule has 0 saturated carbocycles. The first-order valence-corrected chi connectivity index (χ1v) is 6.02. The Morgan fingerprint density at radius 3 is 2.94 bits per heavy atom. The number of carbonyl (C=O) groups excluding carboxylic acids is 1. The lowest BCUT2D eigenvalue weighted by Crippen LogP contribution is -2.28. The van der Waals surface area contributed by atoms with Crippen molar-refractivity contribution in [3.05, 3.63) is 32.6 Å². The van der Waals surface area contributed by atoms with Crippen molar-refractivity contribution in [2.75, 3.05) is 19.0 Å². The molecule has 1 rings (SSSR count). The van der Waals surface area contributed by atoms with Gasteiger partial charge in [-0.1, -0.05) is 18.2 Å². The van der Waals surface area contributed by atoms with Gasteiger partial charge < -0.3 is 10.1 Å². The maximum Gasteiger partial charge on any atom is 0.327 e.